The average molecular weight is 429 g/mol. The van der Waals surface area contributed by atoms with Crippen molar-refractivity contribution in [1.29, 1.82) is 0 Å². The lowest BCUT2D eigenvalue weighted by atomic mass is 9.69. The Labute approximate surface area is 177 Å². The minimum atomic E-state index is -1.17. The topological polar surface area (TPSA) is 119 Å². The van der Waals surface area contributed by atoms with Gasteiger partial charge in [-0.15, -0.1) is 6.42 Å². The van der Waals surface area contributed by atoms with E-state index in [1.807, 2.05) is 6.92 Å². The molecule has 0 bridgehead atoms. The molecule has 1 heterocycles. The molecule has 0 radical (unpaired) electrons. The van der Waals surface area contributed by atoms with E-state index in [-0.39, 0.29) is 41.3 Å². The second kappa shape index (κ2) is 9.38. The molecule has 0 aliphatic heterocycles. The van der Waals surface area contributed by atoms with E-state index >= 15 is 0 Å². The summed E-state index contributed by atoms with van der Waals surface area (Å²) in [6, 6.07) is 0.459. The zero-order valence-corrected chi connectivity index (χ0v) is 16.7. The number of nitrogens with one attached hydrogen (secondary N) is 2. The van der Waals surface area contributed by atoms with Crippen LogP contribution >= 0.6 is 0 Å². The molecule has 3 rings (SSSR count). The number of anilines is 1. The molecule has 10 heteroatoms. The third kappa shape index (κ3) is 5.06. The molecule has 3 amide bonds. The van der Waals surface area contributed by atoms with Crippen LogP contribution in [-0.2, 0) is 0 Å². The fourth-order valence-corrected chi connectivity index (χ4v) is 3.48. The Morgan fingerprint density at radius 1 is 1.32 bits per heavy atom. The third-order valence-electron chi connectivity index (χ3n) is 5.23. The van der Waals surface area contributed by atoms with E-state index in [1.54, 1.807) is 0 Å². The Morgan fingerprint density at radius 2 is 2.10 bits per heavy atom. The van der Waals surface area contributed by atoms with E-state index in [0.29, 0.717) is 0 Å². The summed E-state index contributed by atoms with van der Waals surface area (Å²) in [6.45, 7) is 1.96. The summed E-state index contributed by atoms with van der Waals surface area (Å²) in [5.41, 5.74) is 5.08. The Morgan fingerprint density at radius 3 is 2.65 bits per heavy atom. The van der Waals surface area contributed by atoms with Gasteiger partial charge >= 0.3 is 6.03 Å². The zero-order chi connectivity index (χ0) is 22.5. The highest BCUT2D eigenvalue weighted by Gasteiger charge is 2.37. The number of hydrogen-bond donors (Lipinski definition) is 3. The molecule has 1 aromatic heterocycles. The number of halogens is 2. The maximum absolute atomic E-state index is 14.6. The van der Waals surface area contributed by atoms with Crippen LogP contribution in [0.1, 0.15) is 41.9 Å². The van der Waals surface area contributed by atoms with E-state index in [2.05, 4.69) is 26.5 Å². The summed E-state index contributed by atoms with van der Waals surface area (Å²) in [5, 5.41) is 4.96. The fourth-order valence-electron chi connectivity index (χ4n) is 3.48. The largest absolute Gasteiger partial charge is 0.463 e. The van der Waals surface area contributed by atoms with E-state index in [9.17, 15) is 18.4 Å². The van der Waals surface area contributed by atoms with E-state index < -0.39 is 29.6 Å². The van der Waals surface area contributed by atoms with Crippen molar-refractivity contribution in [2.24, 2.45) is 17.6 Å². The molecule has 0 saturated heterocycles. The van der Waals surface area contributed by atoms with Gasteiger partial charge in [0.2, 0.25) is 5.88 Å². The molecule has 0 spiro atoms. The number of primary amides is 1. The van der Waals surface area contributed by atoms with Crippen LogP contribution in [0.5, 0.6) is 5.88 Å². The van der Waals surface area contributed by atoms with Gasteiger partial charge in [-0.1, -0.05) is 12.8 Å². The van der Waals surface area contributed by atoms with Crippen LogP contribution in [0, 0.1) is 35.8 Å². The van der Waals surface area contributed by atoms with Crippen molar-refractivity contribution >= 4 is 17.6 Å². The maximum Gasteiger partial charge on any atom is 0.312 e. The lowest BCUT2D eigenvalue weighted by molar-refractivity contribution is 0.102. The molecule has 31 heavy (non-hydrogen) atoms. The number of carbonyl (C=O) groups is 2. The van der Waals surface area contributed by atoms with Crippen molar-refractivity contribution in [1.82, 2.24) is 15.3 Å². The number of nitrogens with two attached hydrogens (primary N) is 1. The van der Waals surface area contributed by atoms with Crippen molar-refractivity contribution in [3.63, 3.8) is 0 Å². The maximum atomic E-state index is 14.6. The minimum absolute atomic E-state index is 0.00201. The van der Waals surface area contributed by atoms with Crippen LogP contribution in [0.15, 0.2) is 24.5 Å². The number of amides is 3. The van der Waals surface area contributed by atoms with E-state index in [4.69, 9.17) is 16.9 Å². The Hall–Kier alpha value is -3.74. The zero-order valence-electron chi connectivity index (χ0n) is 16.7. The predicted octanol–water partition coefficient (Wildman–Crippen LogP) is 2.77. The lowest BCUT2D eigenvalue weighted by Crippen LogP contribution is -2.42. The van der Waals surface area contributed by atoms with Gasteiger partial charge in [-0.3, -0.25) is 4.79 Å². The number of rotatable bonds is 7. The summed E-state index contributed by atoms with van der Waals surface area (Å²) >= 11 is 0. The van der Waals surface area contributed by atoms with Crippen LogP contribution in [0.4, 0.5) is 19.3 Å². The Bertz CT molecular complexity index is 1020. The van der Waals surface area contributed by atoms with E-state index in [0.717, 1.165) is 25.1 Å². The van der Waals surface area contributed by atoms with E-state index in [1.165, 1.54) is 12.3 Å². The molecule has 1 aromatic carbocycles. The van der Waals surface area contributed by atoms with Crippen molar-refractivity contribution < 1.29 is 23.1 Å². The lowest BCUT2D eigenvalue weighted by Gasteiger charge is -2.40. The summed E-state index contributed by atoms with van der Waals surface area (Å²) in [6.07, 6.45) is 9.10. The van der Waals surface area contributed by atoms with Crippen molar-refractivity contribution in [3.05, 3.63) is 47.4 Å². The molecule has 1 saturated carbocycles. The van der Waals surface area contributed by atoms with Crippen LogP contribution in [-0.4, -0.2) is 28.5 Å². The molecule has 2 aromatic rings. The van der Waals surface area contributed by atoms with Gasteiger partial charge in [0.05, 0.1) is 18.4 Å². The van der Waals surface area contributed by atoms with Crippen molar-refractivity contribution in [3.8, 4) is 18.2 Å². The fraction of sp³-hybridized carbons (Fsp3) is 0.333. The summed E-state index contributed by atoms with van der Waals surface area (Å²) < 4.78 is 34.0. The first kappa shape index (κ1) is 22.0. The number of carbonyl (C=O) groups excluding carboxylic acids is 2. The number of ether oxygens (including phenoxy) is 1. The first-order valence-corrected chi connectivity index (χ1v) is 9.54. The molecule has 162 valence electrons. The second-order valence-electron chi connectivity index (χ2n) is 7.25. The number of urea groups is 1. The Kier molecular flexibility index (Phi) is 6.65. The van der Waals surface area contributed by atoms with Gasteiger partial charge < -0.3 is 21.1 Å². The number of benzene rings is 1. The van der Waals surface area contributed by atoms with Crippen LogP contribution in [0.3, 0.4) is 0 Å². The molecule has 4 N–H and O–H groups in total. The van der Waals surface area contributed by atoms with Gasteiger partial charge in [-0.2, -0.15) is 0 Å². The molecular formula is C21H21F2N5O3. The van der Waals surface area contributed by atoms with Crippen molar-refractivity contribution in [2.45, 2.75) is 25.8 Å². The third-order valence-corrected chi connectivity index (χ3v) is 5.23. The smallest absolute Gasteiger partial charge is 0.312 e. The first-order valence-electron chi connectivity index (χ1n) is 9.54. The molecule has 3 atom stereocenters. The number of terminal acetylenes is 1. The normalized spacial score (nSPS) is 18.3. The molecule has 8 nitrogen and oxygen atoms in total. The Balaban J connectivity index is 1.83. The minimum Gasteiger partial charge on any atom is -0.463 e. The van der Waals surface area contributed by atoms with Crippen LogP contribution in [0.2, 0.25) is 0 Å². The molecular weight excluding hydrogens is 408 g/mol. The highest BCUT2D eigenvalue weighted by Crippen LogP contribution is 2.43. The summed E-state index contributed by atoms with van der Waals surface area (Å²) in [4.78, 5) is 31.7. The average Bonchev–Trinajstić information content (AvgIpc) is 2.73. The number of hydrogen-bond acceptors (Lipinski definition) is 5. The molecule has 1 aliphatic carbocycles. The van der Waals surface area contributed by atoms with Crippen LogP contribution in [0.25, 0.3) is 0 Å². The van der Waals surface area contributed by atoms with Crippen molar-refractivity contribution in [2.75, 3.05) is 11.9 Å². The number of nitrogens with zero attached hydrogens (tertiary/aromatic N) is 2. The molecule has 1 aliphatic rings. The molecule has 3 unspecified atom stereocenters. The van der Waals surface area contributed by atoms with Gasteiger partial charge in [-0.05, 0) is 30.7 Å². The quantitative estimate of drug-likeness (QED) is 0.585. The van der Waals surface area contributed by atoms with Gasteiger partial charge in [0, 0.05) is 17.3 Å². The van der Waals surface area contributed by atoms with Crippen LogP contribution < -0.4 is 21.1 Å². The number of aromatic nitrogens is 2. The highest BCUT2D eigenvalue weighted by atomic mass is 19.2. The van der Waals surface area contributed by atoms with Gasteiger partial charge in [0.1, 0.15) is 5.69 Å². The standard InChI is InChI=1S/C21H21F2N5O3/c1-3-6-31-17-10-25-16(9-26-17)20(29)27-12-7-14(18(23)15(22)8-12)19(28-21(24)30)13-5-4-11(13)2/h1,7-11,13,19H,4-6H2,2H3,(H,27,29)(H3,24,28,30). The SMILES string of the molecule is C#CCOc1cnc(C(=O)Nc2cc(F)c(F)c(C(NC(N)=O)C3CCC3C)c2)cn1. The monoisotopic (exact) mass is 429 g/mol. The van der Waals surface area contributed by atoms with Gasteiger partial charge in [-0.25, -0.2) is 23.5 Å². The highest BCUT2D eigenvalue weighted by molar-refractivity contribution is 6.02. The predicted molar refractivity (Wildman–Crippen MR) is 108 cm³/mol. The molecule has 1 fully saturated rings. The van der Waals surface area contributed by atoms with Gasteiger partial charge in [0.15, 0.2) is 18.2 Å². The van der Waals surface area contributed by atoms with Gasteiger partial charge in [0.25, 0.3) is 5.91 Å². The summed E-state index contributed by atoms with van der Waals surface area (Å²) in [7, 11) is 0. The first-order chi connectivity index (χ1) is 14.8. The second-order valence-corrected chi connectivity index (χ2v) is 7.25. The summed E-state index contributed by atoms with van der Waals surface area (Å²) in [5.74, 6) is -0.458.